The van der Waals surface area contributed by atoms with Crippen LogP contribution in [0.1, 0.15) is 6.42 Å². The van der Waals surface area contributed by atoms with Crippen molar-refractivity contribution in [2.45, 2.75) is 11.3 Å². The summed E-state index contributed by atoms with van der Waals surface area (Å²) in [5.74, 6) is 0.694. The maximum absolute atomic E-state index is 13.5. The molecule has 4 aromatic rings. The topological polar surface area (TPSA) is 135 Å². The van der Waals surface area contributed by atoms with Crippen LogP contribution in [0.25, 0.3) is 5.69 Å². The van der Waals surface area contributed by atoms with Crippen LogP contribution in [0, 0.1) is 8.48 Å². The lowest BCUT2D eigenvalue weighted by Crippen LogP contribution is -2.49. The molecule has 5 rings (SSSR count). The number of aromatic nitrogens is 2. The standard InChI is InChI=1S/C30H31IN6O6S/c1-42-20-6-15-32-28-27(21-33-37(30(28)38)22-7-3-2-4-8-22)35-16-18-36(19-17-35)44(40,41)24-13-11-23(12-14-24)43-29-25(31)9-5-10-26(29)34-39/h2-5,7-14,21,32H,6,15-20H2,1H3. The normalized spacial score (nSPS) is 13.9. The summed E-state index contributed by atoms with van der Waals surface area (Å²) in [7, 11) is -2.16. The average Bonchev–Trinajstić information content (AvgIpc) is 3.05. The lowest BCUT2D eigenvalue weighted by molar-refractivity contribution is 0.198. The predicted octanol–water partition coefficient (Wildman–Crippen LogP) is 4.99. The summed E-state index contributed by atoms with van der Waals surface area (Å²) in [5, 5.41) is 10.7. The van der Waals surface area contributed by atoms with Crippen molar-refractivity contribution < 1.29 is 17.9 Å². The van der Waals surface area contributed by atoms with Gasteiger partial charge < -0.3 is 19.7 Å². The van der Waals surface area contributed by atoms with Crippen LogP contribution in [0.5, 0.6) is 11.5 Å². The second-order valence-corrected chi connectivity index (χ2v) is 13.0. The third kappa shape index (κ3) is 6.93. The number of para-hydroxylation sites is 2. The number of anilines is 2. The van der Waals surface area contributed by atoms with Crippen molar-refractivity contribution in [1.82, 2.24) is 14.1 Å². The van der Waals surface area contributed by atoms with Crippen LogP contribution in [-0.4, -0.2) is 68.9 Å². The maximum Gasteiger partial charge on any atom is 0.296 e. The fourth-order valence-corrected chi connectivity index (χ4v) is 6.84. The van der Waals surface area contributed by atoms with Gasteiger partial charge in [0.2, 0.25) is 10.0 Å². The molecule has 1 aliphatic rings. The Hall–Kier alpha value is -3.86. The minimum absolute atomic E-state index is 0.127. The molecule has 0 bridgehead atoms. The molecule has 14 heteroatoms. The molecule has 0 aliphatic carbocycles. The van der Waals surface area contributed by atoms with Gasteiger partial charge in [0.15, 0.2) is 11.4 Å². The first-order valence-corrected chi connectivity index (χ1v) is 16.4. The summed E-state index contributed by atoms with van der Waals surface area (Å²) in [6, 6.07) is 20.3. The Morgan fingerprint density at radius 1 is 0.977 bits per heavy atom. The van der Waals surface area contributed by atoms with Crippen molar-refractivity contribution in [1.29, 1.82) is 0 Å². The SMILES string of the molecule is COCCCNc1c(N2CCN(S(=O)(=O)c3ccc(Oc4c(I)cccc4N=O)cc3)CC2)cnn(-c2ccccc2)c1=O. The van der Waals surface area contributed by atoms with E-state index in [1.54, 1.807) is 43.6 Å². The molecule has 0 unspecified atom stereocenters. The van der Waals surface area contributed by atoms with Crippen LogP contribution < -0.4 is 20.5 Å². The number of hydrogen-bond acceptors (Lipinski definition) is 10. The van der Waals surface area contributed by atoms with Gasteiger partial charge in [-0.2, -0.15) is 14.1 Å². The number of methoxy groups -OCH3 is 1. The van der Waals surface area contributed by atoms with E-state index < -0.39 is 10.0 Å². The van der Waals surface area contributed by atoms with Gasteiger partial charge in [-0.15, -0.1) is 4.91 Å². The number of piperazine rings is 1. The number of sulfonamides is 1. The van der Waals surface area contributed by atoms with Crippen molar-refractivity contribution >= 4 is 49.7 Å². The molecule has 12 nitrogen and oxygen atoms in total. The fraction of sp³-hybridized carbons (Fsp3) is 0.267. The Morgan fingerprint density at radius 3 is 2.39 bits per heavy atom. The van der Waals surface area contributed by atoms with Crippen molar-refractivity contribution in [2.24, 2.45) is 5.18 Å². The number of nitroso groups, excluding NO2 is 1. The van der Waals surface area contributed by atoms with Gasteiger partial charge in [0.25, 0.3) is 5.56 Å². The highest BCUT2D eigenvalue weighted by Crippen LogP contribution is 2.36. The monoisotopic (exact) mass is 730 g/mol. The van der Waals surface area contributed by atoms with E-state index in [0.29, 0.717) is 64.8 Å². The van der Waals surface area contributed by atoms with Gasteiger partial charge in [0, 0.05) is 46.4 Å². The largest absolute Gasteiger partial charge is 0.454 e. The summed E-state index contributed by atoms with van der Waals surface area (Å²) in [5.41, 5.74) is 1.55. The second-order valence-electron chi connectivity index (χ2n) is 9.87. The van der Waals surface area contributed by atoms with Crippen LogP contribution in [-0.2, 0) is 14.8 Å². The van der Waals surface area contributed by atoms with E-state index in [0.717, 1.165) is 0 Å². The third-order valence-corrected chi connectivity index (χ3v) is 9.85. The highest BCUT2D eigenvalue weighted by Gasteiger charge is 2.30. The Kier molecular flexibility index (Phi) is 10.2. The zero-order valence-corrected chi connectivity index (χ0v) is 26.9. The molecule has 1 aromatic heterocycles. The first kappa shape index (κ1) is 31.6. The smallest absolute Gasteiger partial charge is 0.296 e. The summed E-state index contributed by atoms with van der Waals surface area (Å²) in [6.45, 7) is 2.27. The second kappa shape index (κ2) is 14.3. The molecule has 1 aliphatic heterocycles. The molecule has 0 radical (unpaired) electrons. The number of nitrogens with one attached hydrogen (secondary N) is 1. The number of rotatable bonds is 12. The van der Waals surface area contributed by atoms with Crippen molar-refractivity contribution in [3.05, 3.63) is 97.8 Å². The Labute approximate surface area is 268 Å². The third-order valence-electron chi connectivity index (χ3n) is 7.09. The van der Waals surface area contributed by atoms with Crippen LogP contribution in [0.3, 0.4) is 0 Å². The average molecular weight is 731 g/mol. The zero-order chi connectivity index (χ0) is 31.1. The molecule has 0 spiro atoms. The Bertz CT molecular complexity index is 1760. The Morgan fingerprint density at radius 2 is 1.70 bits per heavy atom. The summed E-state index contributed by atoms with van der Waals surface area (Å²) >= 11 is 2.05. The van der Waals surface area contributed by atoms with Crippen molar-refractivity contribution in [3.63, 3.8) is 0 Å². The number of ether oxygens (including phenoxy) is 2. The lowest BCUT2D eigenvalue weighted by atomic mass is 10.2. The van der Waals surface area contributed by atoms with E-state index in [-0.39, 0.29) is 29.2 Å². The lowest BCUT2D eigenvalue weighted by Gasteiger charge is -2.36. The van der Waals surface area contributed by atoms with Crippen molar-refractivity contribution in [2.75, 3.05) is 56.7 Å². The number of halogens is 1. The molecule has 0 saturated carbocycles. The van der Waals surface area contributed by atoms with Crippen LogP contribution >= 0.6 is 22.6 Å². The predicted molar refractivity (Wildman–Crippen MR) is 177 cm³/mol. The van der Waals surface area contributed by atoms with E-state index in [1.165, 1.54) is 21.1 Å². The first-order chi connectivity index (χ1) is 21.3. The van der Waals surface area contributed by atoms with E-state index in [1.807, 2.05) is 57.8 Å². The molecule has 1 saturated heterocycles. The molecule has 0 atom stereocenters. The molecular weight excluding hydrogens is 699 g/mol. The molecule has 3 aromatic carbocycles. The van der Waals surface area contributed by atoms with Gasteiger partial charge in [-0.25, -0.2) is 8.42 Å². The summed E-state index contributed by atoms with van der Waals surface area (Å²) in [6.07, 6.45) is 2.36. The quantitative estimate of drug-likeness (QED) is 0.122. The van der Waals surface area contributed by atoms with Gasteiger partial charge in [-0.1, -0.05) is 24.3 Å². The van der Waals surface area contributed by atoms with Gasteiger partial charge in [-0.05, 0) is 82.7 Å². The molecule has 230 valence electrons. The molecule has 44 heavy (non-hydrogen) atoms. The highest BCUT2D eigenvalue weighted by atomic mass is 127. The van der Waals surface area contributed by atoms with E-state index >= 15 is 0 Å². The zero-order valence-electron chi connectivity index (χ0n) is 23.9. The molecule has 2 heterocycles. The van der Waals surface area contributed by atoms with E-state index in [9.17, 15) is 18.1 Å². The first-order valence-electron chi connectivity index (χ1n) is 13.9. The molecule has 1 fully saturated rings. The highest BCUT2D eigenvalue weighted by molar-refractivity contribution is 14.1. The minimum atomic E-state index is -3.79. The molecule has 0 amide bonds. The maximum atomic E-state index is 13.5. The summed E-state index contributed by atoms with van der Waals surface area (Å²) in [4.78, 5) is 26.8. The minimum Gasteiger partial charge on any atom is -0.454 e. The van der Waals surface area contributed by atoms with Crippen molar-refractivity contribution in [3.8, 4) is 17.2 Å². The molecular formula is C30H31IN6O6S. The molecule has 1 N–H and O–H groups in total. The van der Waals surface area contributed by atoms with Crippen LogP contribution in [0.2, 0.25) is 0 Å². The van der Waals surface area contributed by atoms with Gasteiger partial charge in [0.1, 0.15) is 11.4 Å². The van der Waals surface area contributed by atoms with Gasteiger partial charge in [0.05, 0.1) is 26.0 Å². The summed E-state index contributed by atoms with van der Waals surface area (Å²) < 4.78 is 41.5. The number of benzene rings is 3. The van der Waals surface area contributed by atoms with E-state index in [4.69, 9.17) is 9.47 Å². The number of nitrogens with zero attached hydrogens (tertiary/aromatic N) is 5. The van der Waals surface area contributed by atoms with E-state index in [2.05, 4.69) is 15.6 Å². The number of hydrogen-bond donors (Lipinski definition) is 1. The van der Waals surface area contributed by atoms with Gasteiger partial charge >= 0.3 is 0 Å². The van der Waals surface area contributed by atoms with Crippen LogP contribution in [0.15, 0.2) is 93.9 Å². The fourth-order valence-electron chi connectivity index (χ4n) is 4.82. The Balaban J connectivity index is 1.31. The van der Waals surface area contributed by atoms with Gasteiger partial charge in [-0.3, -0.25) is 4.79 Å². The van der Waals surface area contributed by atoms with Crippen LogP contribution in [0.4, 0.5) is 17.1 Å².